The van der Waals surface area contributed by atoms with Gasteiger partial charge in [-0.05, 0) is 19.3 Å². The molecule has 0 spiro atoms. The van der Waals surface area contributed by atoms with E-state index in [1.165, 1.54) is 0 Å². The zero-order valence-corrected chi connectivity index (χ0v) is 12.2. The van der Waals surface area contributed by atoms with Gasteiger partial charge in [-0.15, -0.1) is 0 Å². The summed E-state index contributed by atoms with van der Waals surface area (Å²) in [7, 11) is -2.85. The molecule has 0 radical (unpaired) electrons. The summed E-state index contributed by atoms with van der Waals surface area (Å²) < 4.78 is 28.3. The molecular weight excluding hydrogens is 280 g/mol. The van der Waals surface area contributed by atoms with Gasteiger partial charge in [-0.2, -0.15) is 4.98 Å². The van der Waals surface area contributed by atoms with Crippen LogP contribution in [0.5, 0.6) is 0 Å². The number of sulfone groups is 1. The van der Waals surface area contributed by atoms with Crippen molar-refractivity contribution in [2.24, 2.45) is 5.92 Å². The molecule has 1 atom stereocenters. The van der Waals surface area contributed by atoms with E-state index in [1.54, 1.807) is 13.8 Å². The number of hydrogen-bond donors (Lipinski definition) is 1. The summed E-state index contributed by atoms with van der Waals surface area (Å²) in [6.07, 6.45) is 0.695. The number of oxazole rings is 1. The van der Waals surface area contributed by atoms with Crippen molar-refractivity contribution in [1.82, 2.24) is 15.0 Å². The fourth-order valence-electron chi connectivity index (χ4n) is 2.43. The first kappa shape index (κ1) is 13.3. The van der Waals surface area contributed by atoms with Crippen LogP contribution >= 0.6 is 0 Å². The summed E-state index contributed by atoms with van der Waals surface area (Å²) in [6, 6.07) is 0. The van der Waals surface area contributed by atoms with E-state index in [1.807, 2.05) is 0 Å². The average molecular weight is 296 g/mol. The van der Waals surface area contributed by atoms with Crippen molar-refractivity contribution in [3.63, 3.8) is 0 Å². The van der Waals surface area contributed by atoms with Crippen LogP contribution in [0.25, 0.3) is 11.2 Å². The van der Waals surface area contributed by atoms with Gasteiger partial charge in [-0.1, -0.05) is 0 Å². The Labute approximate surface area is 116 Å². The average Bonchev–Trinajstić information content (AvgIpc) is 2.88. The third kappa shape index (κ3) is 2.60. The topological polar surface area (TPSA) is 98.0 Å². The highest BCUT2D eigenvalue weighted by atomic mass is 32.2. The molecule has 0 amide bonds. The SMILES string of the molecule is Cc1nc(NC[C@@H]2CCS(=O)(=O)C2)c2nc(C)oc2n1. The fraction of sp³-hybridized carbons (Fsp3) is 0.583. The van der Waals surface area contributed by atoms with Crippen molar-refractivity contribution >= 4 is 26.9 Å². The first-order chi connectivity index (χ1) is 9.43. The van der Waals surface area contributed by atoms with Crippen molar-refractivity contribution in [2.75, 3.05) is 23.4 Å². The largest absolute Gasteiger partial charge is 0.422 e. The lowest BCUT2D eigenvalue weighted by Gasteiger charge is -2.10. The van der Waals surface area contributed by atoms with Gasteiger partial charge in [0, 0.05) is 13.5 Å². The highest BCUT2D eigenvalue weighted by Crippen LogP contribution is 2.23. The van der Waals surface area contributed by atoms with E-state index in [2.05, 4.69) is 20.3 Å². The predicted octanol–water partition coefficient (Wildman–Crippen LogP) is 1.08. The smallest absolute Gasteiger partial charge is 0.252 e. The van der Waals surface area contributed by atoms with Gasteiger partial charge in [0.1, 0.15) is 5.82 Å². The minimum atomic E-state index is -2.85. The molecule has 0 aromatic carbocycles. The van der Waals surface area contributed by atoms with Crippen LogP contribution in [0.15, 0.2) is 4.42 Å². The van der Waals surface area contributed by atoms with Crippen LogP contribution in [0.3, 0.4) is 0 Å². The van der Waals surface area contributed by atoms with Gasteiger partial charge in [0.05, 0.1) is 11.5 Å². The second-order valence-electron chi connectivity index (χ2n) is 5.16. The molecule has 2 aromatic rings. The Morgan fingerprint density at radius 3 is 2.80 bits per heavy atom. The molecule has 3 heterocycles. The Morgan fingerprint density at radius 2 is 2.10 bits per heavy atom. The highest BCUT2D eigenvalue weighted by molar-refractivity contribution is 7.91. The van der Waals surface area contributed by atoms with E-state index in [4.69, 9.17) is 4.42 Å². The quantitative estimate of drug-likeness (QED) is 0.905. The van der Waals surface area contributed by atoms with E-state index in [9.17, 15) is 8.42 Å². The molecule has 1 aliphatic heterocycles. The number of aryl methyl sites for hydroxylation is 2. The standard InChI is InChI=1S/C12H16N4O3S/c1-7-14-11(10-12(15-7)19-8(2)16-10)13-5-9-3-4-20(17,18)6-9/h9H,3-6H2,1-2H3,(H,13,14,15)/t9-/m0/s1. The lowest BCUT2D eigenvalue weighted by Crippen LogP contribution is -2.16. The first-order valence-corrected chi connectivity index (χ1v) is 8.31. The van der Waals surface area contributed by atoms with Crippen molar-refractivity contribution in [3.05, 3.63) is 11.7 Å². The number of hydrogen-bond acceptors (Lipinski definition) is 7. The Balaban J connectivity index is 1.81. The highest BCUT2D eigenvalue weighted by Gasteiger charge is 2.27. The van der Waals surface area contributed by atoms with Gasteiger partial charge in [0.25, 0.3) is 5.71 Å². The lowest BCUT2D eigenvalue weighted by atomic mass is 10.1. The fourth-order valence-corrected chi connectivity index (χ4v) is 4.29. The molecule has 0 saturated carbocycles. The monoisotopic (exact) mass is 296 g/mol. The minimum absolute atomic E-state index is 0.123. The molecule has 1 saturated heterocycles. The lowest BCUT2D eigenvalue weighted by molar-refractivity contribution is 0.550. The molecule has 0 bridgehead atoms. The van der Waals surface area contributed by atoms with Crippen molar-refractivity contribution in [3.8, 4) is 0 Å². The second kappa shape index (κ2) is 4.69. The molecule has 1 fully saturated rings. The zero-order valence-electron chi connectivity index (χ0n) is 11.4. The third-order valence-electron chi connectivity index (χ3n) is 3.36. The van der Waals surface area contributed by atoms with Gasteiger partial charge >= 0.3 is 0 Å². The number of rotatable bonds is 3. The van der Waals surface area contributed by atoms with E-state index in [0.29, 0.717) is 41.7 Å². The van der Waals surface area contributed by atoms with Crippen LogP contribution < -0.4 is 5.32 Å². The maximum atomic E-state index is 11.4. The van der Waals surface area contributed by atoms with Crippen molar-refractivity contribution in [1.29, 1.82) is 0 Å². The second-order valence-corrected chi connectivity index (χ2v) is 7.38. The Morgan fingerprint density at radius 1 is 1.30 bits per heavy atom. The first-order valence-electron chi connectivity index (χ1n) is 6.49. The molecule has 20 heavy (non-hydrogen) atoms. The maximum absolute atomic E-state index is 11.4. The predicted molar refractivity (Wildman–Crippen MR) is 74.3 cm³/mol. The third-order valence-corrected chi connectivity index (χ3v) is 5.20. The number of anilines is 1. The molecule has 1 aliphatic rings. The van der Waals surface area contributed by atoms with E-state index in [0.717, 1.165) is 0 Å². The molecule has 2 aromatic heterocycles. The summed E-state index contributed by atoms with van der Waals surface area (Å²) in [4.78, 5) is 12.8. The van der Waals surface area contributed by atoms with Crippen LogP contribution in [-0.2, 0) is 9.84 Å². The van der Waals surface area contributed by atoms with Gasteiger partial charge < -0.3 is 9.73 Å². The number of nitrogens with one attached hydrogen (secondary N) is 1. The van der Waals surface area contributed by atoms with Crippen molar-refractivity contribution < 1.29 is 12.8 Å². The van der Waals surface area contributed by atoms with Gasteiger partial charge in [-0.25, -0.2) is 18.4 Å². The van der Waals surface area contributed by atoms with Gasteiger partial charge in [0.2, 0.25) is 0 Å². The zero-order chi connectivity index (χ0) is 14.3. The molecule has 0 aliphatic carbocycles. The van der Waals surface area contributed by atoms with E-state index < -0.39 is 9.84 Å². The van der Waals surface area contributed by atoms with Crippen LogP contribution in [0.1, 0.15) is 18.1 Å². The molecule has 8 heteroatoms. The molecule has 7 nitrogen and oxygen atoms in total. The van der Waals surface area contributed by atoms with Crippen molar-refractivity contribution in [2.45, 2.75) is 20.3 Å². The van der Waals surface area contributed by atoms with Gasteiger partial charge in [-0.3, -0.25) is 0 Å². The van der Waals surface area contributed by atoms with Crippen LogP contribution in [0.4, 0.5) is 5.82 Å². The molecular formula is C12H16N4O3S. The van der Waals surface area contributed by atoms with E-state index in [-0.39, 0.29) is 17.4 Å². The summed E-state index contributed by atoms with van der Waals surface area (Å²) in [5.74, 6) is 2.37. The van der Waals surface area contributed by atoms with Gasteiger partial charge in [0.15, 0.2) is 27.1 Å². The van der Waals surface area contributed by atoms with E-state index >= 15 is 0 Å². The number of aromatic nitrogens is 3. The normalized spacial score (nSPS) is 21.4. The summed E-state index contributed by atoms with van der Waals surface area (Å²) in [5, 5.41) is 3.18. The molecule has 0 unspecified atom stereocenters. The summed E-state index contributed by atoms with van der Waals surface area (Å²) in [6.45, 7) is 4.10. The minimum Gasteiger partial charge on any atom is -0.422 e. The van der Waals surface area contributed by atoms with Crippen LogP contribution in [0, 0.1) is 19.8 Å². The summed E-state index contributed by atoms with van der Waals surface area (Å²) in [5.41, 5.74) is 1.05. The number of nitrogens with zero attached hydrogens (tertiary/aromatic N) is 3. The summed E-state index contributed by atoms with van der Waals surface area (Å²) >= 11 is 0. The molecule has 3 rings (SSSR count). The molecule has 108 valence electrons. The van der Waals surface area contributed by atoms with Crippen LogP contribution in [0.2, 0.25) is 0 Å². The Bertz CT molecular complexity index is 753. The Hall–Kier alpha value is -1.70. The van der Waals surface area contributed by atoms with Crippen LogP contribution in [-0.4, -0.2) is 41.4 Å². The molecule has 1 N–H and O–H groups in total. The Kier molecular flexibility index (Phi) is 3.12. The number of fused-ring (bicyclic) bond motifs is 1. The maximum Gasteiger partial charge on any atom is 0.252 e.